The molecule has 0 radical (unpaired) electrons. The summed E-state index contributed by atoms with van der Waals surface area (Å²) < 4.78 is 0. The minimum atomic E-state index is 0.366. The van der Waals surface area contributed by atoms with Crippen molar-refractivity contribution in [2.24, 2.45) is 0 Å². The van der Waals surface area contributed by atoms with Gasteiger partial charge in [0.05, 0.1) is 20.0 Å². The van der Waals surface area contributed by atoms with Crippen LogP contribution in [-0.2, 0) is 0 Å². The molecule has 0 aromatic heterocycles. The molecule has 10 heavy (non-hydrogen) atoms. The van der Waals surface area contributed by atoms with Crippen LogP contribution in [0.4, 0.5) is 0 Å². The van der Waals surface area contributed by atoms with Gasteiger partial charge >= 0.3 is 0 Å². The van der Waals surface area contributed by atoms with Gasteiger partial charge in [-0.15, -0.1) is 0 Å². The minimum absolute atomic E-state index is 0.366. The fourth-order valence-electron chi connectivity index (χ4n) is 2.23. The first-order valence-corrected chi connectivity index (χ1v) is 5.69. The van der Waals surface area contributed by atoms with Gasteiger partial charge in [-0.3, -0.25) is 14.7 Å². The largest absolute Gasteiger partial charge is 0.273 e. The van der Waals surface area contributed by atoms with Gasteiger partial charge in [0.1, 0.15) is 0 Å². The van der Waals surface area contributed by atoms with E-state index in [9.17, 15) is 0 Å². The Balaban J connectivity index is 1.90. The summed E-state index contributed by atoms with van der Waals surface area (Å²) in [4.78, 5) is 7.71. The number of hydrogen-bond donors (Lipinski definition) is 0. The molecular formula is C6H12N3P. The van der Waals surface area contributed by atoms with Crippen molar-refractivity contribution in [3.8, 4) is 0 Å². The highest BCUT2D eigenvalue weighted by atomic mass is 31.1. The standard InChI is InChI=1S/C6H12N3P/c1-7-2-9-3-8(1)5-10(4-7)6-9/h1-6H2. The van der Waals surface area contributed by atoms with Crippen LogP contribution in [0.2, 0.25) is 0 Å². The lowest BCUT2D eigenvalue weighted by Crippen LogP contribution is -2.62. The average molecular weight is 157 g/mol. The Morgan fingerprint density at radius 3 is 1.40 bits per heavy atom. The maximum Gasteiger partial charge on any atom is 0.0537 e. The summed E-state index contributed by atoms with van der Waals surface area (Å²) in [6, 6.07) is 0. The Morgan fingerprint density at radius 2 is 1.10 bits per heavy atom. The first-order chi connectivity index (χ1) is 4.90. The molecule has 4 aliphatic rings. The molecule has 4 heterocycles. The third-order valence-electron chi connectivity index (χ3n) is 2.40. The topological polar surface area (TPSA) is 9.72 Å². The van der Waals surface area contributed by atoms with Crippen molar-refractivity contribution in [3.63, 3.8) is 0 Å². The second kappa shape index (κ2) is 1.92. The molecule has 0 aromatic rings. The molecule has 4 heteroatoms. The van der Waals surface area contributed by atoms with Gasteiger partial charge in [0, 0.05) is 18.9 Å². The molecule has 0 aromatic carbocycles. The molecule has 0 spiro atoms. The normalized spacial score (nSPS) is 57.6. The van der Waals surface area contributed by atoms with Gasteiger partial charge in [0.15, 0.2) is 0 Å². The molecule has 0 N–H and O–H groups in total. The molecule has 0 unspecified atom stereocenters. The molecule has 4 bridgehead atoms. The molecule has 0 amide bonds. The molecule has 0 saturated carbocycles. The van der Waals surface area contributed by atoms with Crippen molar-refractivity contribution in [1.29, 1.82) is 0 Å². The first-order valence-electron chi connectivity index (χ1n) is 3.79. The fourth-order valence-corrected chi connectivity index (χ4v) is 4.74. The predicted octanol–water partition coefficient (Wildman–Crippen LogP) is 0.160. The van der Waals surface area contributed by atoms with Crippen LogP contribution in [-0.4, -0.2) is 53.6 Å². The van der Waals surface area contributed by atoms with E-state index in [1.165, 1.54) is 38.9 Å². The maximum absolute atomic E-state index is 2.57. The number of rotatable bonds is 0. The summed E-state index contributed by atoms with van der Waals surface area (Å²) in [6.07, 6.45) is 4.26. The quantitative estimate of drug-likeness (QED) is 0.464. The molecule has 3 nitrogen and oxygen atoms in total. The van der Waals surface area contributed by atoms with Crippen LogP contribution in [0.1, 0.15) is 0 Å². The lowest BCUT2D eigenvalue weighted by Gasteiger charge is -2.54. The van der Waals surface area contributed by atoms with Gasteiger partial charge in [-0.05, 0) is 0 Å². The number of nitrogens with zero attached hydrogens (tertiary/aromatic N) is 3. The maximum atomic E-state index is 2.57. The summed E-state index contributed by atoms with van der Waals surface area (Å²) in [7, 11) is 0.366. The molecule has 56 valence electrons. The SMILES string of the molecule is C1N2CN3CN1CP(C2)C3. The predicted molar refractivity (Wildman–Crippen MR) is 41.6 cm³/mol. The monoisotopic (exact) mass is 157 g/mol. The summed E-state index contributed by atoms with van der Waals surface area (Å²) in [5.41, 5.74) is 0. The van der Waals surface area contributed by atoms with Crippen molar-refractivity contribution in [1.82, 2.24) is 14.7 Å². The van der Waals surface area contributed by atoms with E-state index in [2.05, 4.69) is 14.7 Å². The summed E-state index contributed by atoms with van der Waals surface area (Å²) >= 11 is 0. The van der Waals surface area contributed by atoms with Crippen molar-refractivity contribution < 1.29 is 0 Å². The summed E-state index contributed by atoms with van der Waals surface area (Å²) in [5, 5.41) is 0. The smallest absolute Gasteiger partial charge is 0.0537 e. The van der Waals surface area contributed by atoms with Crippen LogP contribution in [0, 0.1) is 0 Å². The Hall–Kier alpha value is 0.310. The van der Waals surface area contributed by atoms with E-state index in [1.54, 1.807) is 0 Å². The van der Waals surface area contributed by atoms with Gasteiger partial charge < -0.3 is 0 Å². The van der Waals surface area contributed by atoms with Crippen LogP contribution in [0.25, 0.3) is 0 Å². The average Bonchev–Trinajstić information content (AvgIpc) is 1.82. The van der Waals surface area contributed by atoms with Crippen LogP contribution >= 0.6 is 7.92 Å². The highest BCUT2D eigenvalue weighted by Gasteiger charge is 2.37. The van der Waals surface area contributed by atoms with Crippen LogP contribution in [0.15, 0.2) is 0 Å². The van der Waals surface area contributed by atoms with E-state index in [0.717, 1.165) is 0 Å². The van der Waals surface area contributed by atoms with E-state index in [4.69, 9.17) is 0 Å². The molecule has 0 aliphatic carbocycles. The zero-order valence-corrected chi connectivity index (χ0v) is 6.93. The van der Waals surface area contributed by atoms with E-state index < -0.39 is 0 Å². The zero-order valence-electron chi connectivity index (χ0n) is 6.03. The lowest BCUT2D eigenvalue weighted by atomic mass is 10.5. The highest BCUT2D eigenvalue weighted by molar-refractivity contribution is 7.57. The van der Waals surface area contributed by atoms with Crippen LogP contribution in [0.5, 0.6) is 0 Å². The second-order valence-corrected chi connectivity index (χ2v) is 5.72. The van der Waals surface area contributed by atoms with Crippen molar-refractivity contribution in [2.75, 3.05) is 38.9 Å². The van der Waals surface area contributed by atoms with Gasteiger partial charge in [-0.2, -0.15) is 0 Å². The lowest BCUT2D eigenvalue weighted by molar-refractivity contribution is -0.0250. The van der Waals surface area contributed by atoms with Gasteiger partial charge in [-0.25, -0.2) is 0 Å². The molecule has 4 saturated heterocycles. The van der Waals surface area contributed by atoms with Gasteiger partial charge in [0.2, 0.25) is 0 Å². The molecule has 0 atom stereocenters. The van der Waals surface area contributed by atoms with Crippen molar-refractivity contribution in [2.45, 2.75) is 0 Å². The van der Waals surface area contributed by atoms with Gasteiger partial charge in [0.25, 0.3) is 0 Å². The van der Waals surface area contributed by atoms with E-state index in [-0.39, 0.29) is 0 Å². The minimum Gasteiger partial charge on any atom is -0.273 e. The van der Waals surface area contributed by atoms with E-state index in [1.807, 2.05) is 0 Å². The third-order valence-corrected chi connectivity index (χ3v) is 4.80. The van der Waals surface area contributed by atoms with Crippen LogP contribution in [0.3, 0.4) is 0 Å². The Labute approximate surface area is 62.3 Å². The zero-order chi connectivity index (χ0) is 6.55. The first kappa shape index (κ1) is 5.90. The summed E-state index contributed by atoms with van der Waals surface area (Å²) in [5.74, 6) is 0. The van der Waals surface area contributed by atoms with Crippen LogP contribution < -0.4 is 0 Å². The fraction of sp³-hybridized carbons (Fsp3) is 1.00. The summed E-state index contributed by atoms with van der Waals surface area (Å²) in [6.45, 7) is 3.74. The Bertz CT molecular complexity index is 105. The Kier molecular flexibility index (Phi) is 1.13. The molecular weight excluding hydrogens is 145 g/mol. The number of hydrogen-bond acceptors (Lipinski definition) is 3. The van der Waals surface area contributed by atoms with E-state index >= 15 is 0 Å². The molecule has 4 aliphatic heterocycles. The van der Waals surface area contributed by atoms with Crippen molar-refractivity contribution >= 4 is 7.92 Å². The van der Waals surface area contributed by atoms with Crippen molar-refractivity contribution in [3.05, 3.63) is 0 Å². The Morgan fingerprint density at radius 1 is 0.700 bits per heavy atom. The third kappa shape index (κ3) is 0.751. The van der Waals surface area contributed by atoms with Gasteiger partial charge in [-0.1, -0.05) is 7.92 Å². The highest BCUT2D eigenvalue weighted by Crippen LogP contribution is 2.46. The molecule has 4 fully saturated rings. The second-order valence-electron chi connectivity index (χ2n) is 3.53. The molecule has 4 rings (SSSR count). The van der Waals surface area contributed by atoms with E-state index in [0.29, 0.717) is 7.92 Å².